The van der Waals surface area contributed by atoms with Gasteiger partial charge in [-0.05, 0) is 66.9 Å². The lowest BCUT2D eigenvalue weighted by Gasteiger charge is -2.34. The van der Waals surface area contributed by atoms with E-state index in [2.05, 4.69) is 23.1 Å². The summed E-state index contributed by atoms with van der Waals surface area (Å²) in [5, 5.41) is 4.00. The maximum atomic E-state index is 13.7. The van der Waals surface area contributed by atoms with Crippen molar-refractivity contribution in [2.45, 2.75) is 18.8 Å². The number of rotatable bonds is 5. The number of carbonyl (C=O) groups excluding carboxylic acids is 2. The minimum absolute atomic E-state index is 0.0361. The van der Waals surface area contributed by atoms with E-state index in [1.54, 1.807) is 35.7 Å². The van der Waals surface area contributed by atoms with E-state index in [4.69, 9.17) is 4.42 Å². The minimum atomic E-state index is -0.385. The van der Waals surface area contributed by atoms with Crippen molar-refractivity contribution >= 4 is 52.2 Å². The fourth-order valence-corrected chi connectivity index (χ4v) is 5.95. The molecule has 1 aliphatic heterocycles. The zero-order chi connectivity index (χ0) is 28.8. The van der Waals surface area contributed by atoms with Crippen LogP contribution in [0.15, 0.2) is 65.2 Å². The van der Waals surface area contributed by atoms with Crippen molar-refractivity contribution in [3.63, 3.8) is 0 Å². The lowest BCUT2D eigenvalue weighted by molar-refractivity contribution is 0.0709. The highest BCUT2D eigenvalue weighted by atomic mass is 32.1. The Hall–Kier alpha value is -4.31. The molecule has 5 aromatic rings. The third kappa shape index (κ3) is 4.82. The zero-order valence-corrected chi connectivity index (χ0v) is 23.4. The van der Waals surface area contributed by atoms with Crippen LogP contribution in [-0.2, 0) is 0 Å². The monoisotopic (exact) mass is 574 g/mol. The van der Waals surface area contributed by atoms with Gasteiger partial charge in [0.1, 0.15) is 23.0 Å². The summed E-state index contributed by atoms with van der Waals surface area (Å²) < 4.78 is 35.2. The highest BCUT2D eigenvalue weighted by Crippen LogP contribution is 2.42. The van der Waals surface area contributed by atoms with Crippen LogP contribution in [0.3, 0.4) is 0 Å². The van der Waals surface area contributed by atoms with Gasteiger partial charge in [0.15, 0.2) is 0 Å². The largest absolute Gasteiger partial charge is 0.455 e. The maximum Gasteiger partial charge on any atom is 0.256 e. The van der Waals surface area contributed by atoms with Crippen molar-refractivity contribution < 1.29 is 22.8 Å². The summed E-state index contributed by atoms with van der Waals surface area (Å²) >= 11 is 4.59. The second-order valence-corrected chi connectivity index (χ2v) is 10.9. The molecule has 2 amide bonds. The predicted molar refractivity (Wildman–Crippen MR) is 159 cm³/mol. The second kappa shape index (κ2) is 10.6. The van der Waals surface area contributed by atoms with E-state index in [0.717, 1.165) is 24.1 Å². The van der Waals surface area contributed by atoms with Crippen molar-refractivity contribution in [1.82, 2.24) is 15.2 Å². The van der Waals surface area contributed by atoms with Crippen molar-refractivity contribution in [2.24, 2.45) is 0 Å². The number of aromatic amines is 1. The van der Waals surface area contributed by atoms with Gasteiger partial charge in [0, 0.05) is 67.2 Å². The number of fused-ring (bicyclic) bond motifs is 2. The number of anilines is 1. The lowest BCUT2D eigenvalue weighted by atomic mass is 9.87. The van der Waals surface area contributed by atoms with Gasteiger partial charge in [0.2, 0.25) is 0 Å². The normalized spacial score (nSPS) is 15.4. The summed E-state index contributed by atoms with van der Waals surface area (Å²) in [6.45, 7) is 1.06. The first-order valence-corrected chi connectivity index (χ1v) is 13.7. The topological polar surface area (TPSA) is 81.6 Å². The fraction of sp³-hybridized carbons (Fsp3) is 0.226. The van der Waals surface area contributed by atoms with Gasteiger partial charge in [0.05, 0.1) is 16.8 Å². The molecule has 41 heavy (non-hydrogen) atoms. The third-order valence-electron chi connectivity index (χ3n) is 7.77. The molecular weight excluding hydrogens is 546 g/mol. The summed E-state index contributed by atoms with van der Waals surface area (Å²) in [5.41, 5.74) is 4.25. The molecule has 0 spiro atoms. The number of halogens is 2. The zero-order valence-electron chi connectivity index (χ0n) is 22.5. The number of likely N-dealkylation sites (tertiary alicyclic amines) is 1. The number of hydrogen-bond donors (Lipinski definition) is 3. The number of amides is 2. The van der Waals surface area contributed by atoms with E-state index in [0.29, 0.717) is 57.4 Å². The Morgan fingerprint density at radius 1 is 1.07 bits per heavy atom. The van der Waals surface area contributed by atoms with Crippen LogP contribution < -0.4 is 9.62 Å². The number of aromatic nitrogens is 1. The molecule has 0 bridgehead atoms. The van der Waals surface area contributed by atoms with Gasteiger partial charge in [0.25, 0.3) is 11.8 Å². The second-order valence-electron chi connectivity index (χ2n) is 10.3. The average molecular weight is 575 g/mol. The van der Waals surface area contributed by atoms with Crippen LogP contribution in [0.5, 0.6) is 0 Å². The molecule has 6 rings (SSSR count). The van der Waals surface area contributed by atoms with Crippen molar-refractivity contribution in [1.29, 1.82) is 0 Å². The van der Waals surface area contributed by atoms with Gasteiger partial charge in [-0.25, -0.2) is 8.78 Å². The number of H-pyrrole nitrogens is 1. The number of carbonyl (C=O) groups is 2. The van der Waals surface area contributed by atoms with Crippen molar-refractivity contribution in [3.8, 4) is 11.3 Å². The Morgan fingerprint density at radius 3 is 2.56 bits per heavy atom. The molecule has 1 saturated heterocycles. The number of nitrogens with zero attached hydrogens (tertiary/aromatic N) is 2. The van der Waals surface area contributed by atoms with Crippen LogP contribution in [0.1, 0.15) is 45.0 Å². The summed E-state index contributed by atoms with van der Waals surface area (Å²) in [7, 11) is 3.37. The molecule has 0 radical (unpaired) electrons. The first-order valence-electron chi connectivity index (χ1n) is 13.3. The molecule has 7 nitrogen and oxygen atoms in total. The highest BCUT2D eigenvalue weighted by Gasteiger charge is 2.31. The third-order valence-corrected chi connectivity index (χ3v) is 7.98. The molecule has 2 N–H and O–H groups in total. The Bertz CT molecular complexity index is 1800. The van der Waals surface area contributed by atoms with E-state index in [-0.39, 0.29) is 29.4 Å². The average Bonchev–Trinajstić information content (AvgIpc) is 3.57. The van der Waals surface area contributed by atoms with Gasteiger partial charge in [-0.2, -0.15) is 0 Å². The Kier molecular flexibility index (Phi) is 6.94. The summed E-state index contributed by atoms with van der Waals surface area (Å²) in [6, 6.07) is 14.0. The molecular formula is C31H28F2N4O3S. The quantitative estimate of drug-likeness (QED) is 0.209. The molecule has 0 aliphatic carbocycles. The summed E-state index contributed by atoms with van der Waals surface area (Å²) in [5.74, 6) is -0.886. The van der Waals surface area contributed by atoms with Crippen LogP contribution in [0.2, 0.25) is 0 Å². The van der Waals surface area contributed by atoms with Gasteiger partial charge < -0.3 is 23.9 Å². The van der Waals surface area contributed by atoms with E-state index in [1.807, 2.05) is 24.1 Å². The molecule has 210 valence electrons. The van der Waals surface area contributed by atoms with Crippen LogP contribution in [0.4, 0.5) is 14.5 Å². The molecule has 2 aromatic heterocycles. The lowest BCUT2D eigenvalue weighted by Crippen LogP contribution is -2.39. The Morgan fingerprint density at radius 2 is 1.83 bits per heavy atom. The number of benzene rings is 3. The highest BCUT2D eigenvalue weighted by molar-refractivity contribution is 7.81. The van der Waals surface area contributed by atoms with E-state index >= 15 is 0 Å². The Labute approximate surface area is 240 Å². The number of hydrogen-bond acceptors (Lipinski definition) is 5. The number of furan rings is 1. The van der Waals surface area contributed by atoms with E-state index in [9.17, 15) is 18.4 Å². The van der Waals surface area contributed by atoms with E-state index in [1.165, 1.54) is 24.3 Å². The van der Waals surface area contributed by atoms with Gasteiger partial charge in [-0.3, -0.25) is 9.59 Å². The van der Waals surface area contributed by atoms with Crippen molar-refractivity contribution in [3.05, 3.63) is 89.1 Å². The van der Waals surface area contributed by atoms with Crippen LogP contribution in [0, 0.1) is 11.6 Å². The Balaban J connectivity index is 1.41. The summed E-state index contributed by atoms with van der Waals surface area (Å²) in [4.78, 5) is 31.6. The smallest absolute Gasteiger partial charge is 0.256 e. The van der Waals surface area contributed by atoms with E-state index < -0.39 is 0 Å². The molecule has 1 aliphatic rings. The SMILES string of the molecule is CNC(=O)c1c(-c2ccc(F)cc2)oc2cc(N(C)S)c([C@H]3CCCN(C(=O)c4c[nH]c5cc(F)ccc45)C3)cc12. The van der Waals surface area contributed by atoms with Crippen LogP contribution >= 0.6 is 12.8 Å². The summed E-state index contributed by atoms with van der Waals surface area (Å²) in [6.07, 6.45) is 3.25. The number of thiol groups is 1. The molecule has 1 fully saturated rings. The molecule has 3 heterocycles. The standard InChI is InChI=1S/C31H28F2N4O3S/c1-34-30(38)28-23-13-22(26(36(2)41)14-27(23)40-29(28)17-5-7-19(32)8-6-17)18-4-3-11-37(16-18)31(39)24-15-35-25-12-20(33)9-10-21(24)25/h5-10,12-15,18,35,41H,3-4,11,16H2,1-2H3,(H,34,38)/t18-/m0/s1. The molecule has 0 saturated carbocycles. The first kappa shape index (κ1) is 26.9. The first-order chi connectivity index (χ1) is 19.7. The molecule has 1 atom stereocenters. The van der Waals surface area contributed by atoms with Crippen LogP contribution in [0.25, 0.3) is 33.2 Å². The van der Waals surface area contributed by atoms with Crippen molar-refractivity contribution in [2.75, 3.05) is 31.5 Å². The molecule has 0 unspecified atom stereocenters. The van der Waals surface area contributed by atoms with Gasteiger partial charge in [-0.1, -0.05) is 12.8 Å². The van der Waals surface area contributed by atoms with Gasteiger partial charge >= 0.3 is 0 Å². The van der Waals surface area contributed by atoms with Gasteiger partial charge in [-0.15, -0.1) is 0 Å². The van der Waals surface area contributed by atoms with Crippen LogP contribution in [-0.4, -0.2) is 48.9 Å². The number of piperidine rings is 1. The maximum absolute atomic E-state index is 13.7. The predicted octanol–water partition coefficient (Wildman–Crippen LogP) is 6.52. The molecule has 10 heteroatoms. The molecule has 3 aromatic carbocycles. The minimum Gasteiger partial charge on any atom is -0.455 e. The fourth-order valence-electron chi connectivity index (χ4n) is 5.77. The number of nitrogens with one attached hydrogen (secondary N) is 2.